The van der Waals surface area contributed by atoms with E-state index in [9.17, 15) is 5.11 Å². The Morgan fingerprint density at radius 2 is 1.46 bits per heavy atom. The van der Waals surface area contributed by atoms with E-state index in [1.54, 1.807) is 0 Å². The van der Waals surface area contributed by atoms with Crippen molar-refractivity contribution in [3.05, 3.63) is 71.8 Å². The molecule has 1 saturated heterocycles. The van der Waals surface area contributed by atoms with Crippen LogP contribution < -0.4 is 0 Å². The monoisotopic (exact) mass is 328 g/mol. The summed E-state index contributed by atoms with van der Waals surface area (Å²) in [5, 5.41) is 10.3. The van der Waals surface area contributed by atoms with Crippen molar-refractivity contribution in [1.29, 1.82) is 0 Å². The predicted octanol–water partition coefficient (Wildman–Crippen LogP) is 3.28. The minimum atomic E-state index is -0.974. The van der Waals surface area contributed by atoms with Crippen molar-refractivity contribution in [2.24, 2.45) is 0 Å². The summed E-state index contributed by atoms with van der Waals surface area (Å²) in [6.07, 6.45) is -1.03. The zero-order valence-electron chi connectivity index (χ0n) is 13.9. The Labute approximate surface area is 143 Å². The number of benzene rings is 2. The third-order valence-corrected chi connectivity index (χ3v) is 4.18. The quantitative estimate of drug-likeness (QED) is 0.884. The molecule has 4 nitrogen and oxygen atoms in total. The van der Waals surface area contributed by atoms with E-state index >= 15 is 0 Å². The molecule has 2 aromatic rings. The molecule has 4 heteroatoms. The number of hydrogen-bond donors (Lipinski definition) is 1. The van der Waals surface area contributed by atoms with Crippen LogP contribution in [0.5, 0.6) is 0 Å². The molecule has 1 aliphatic rings. The van der Waals surface area contributed by atoms with Gasteiger partial charge in [0.1, 0.15) is 6.10 Å². The molecular formula is C20H24O4. The second kappa shape index (κ2) is 8.40. The lowest BCUT2D eigenvalue weighted by Crippen LogP contribution is -2.49. The lowest BCUT2D eigenvalue weighted by molar-refractivity contribution is -0.268. The molecule has 1 aliphatic heterocycles. The van der Waals surface area contributed by atoms with Crippen LogP contribution in [0.15, 0.2) is 60.7 Å². The van der Waals surface area contributed by atoms with E-state index in [0.717, 1.165) is 11.1 Å². The Morgan fingerprint density at radius 1 is 0.917 bits per heavy atom. The summed E-state index contributed by atoms with van der Waals surface area (Å²) < 4.78 is 17.5. The fourth-order valence-corrected chi connectivity index (χ4v) is 2.91. The van der Waals surface area contributed by atoms with Crippen molar-refractivity contribution >= 4 is 0 Å². The minimum absolute atomic E-state index is 0.0580. The van der Waals surface area contributed by atoms with Crippen LogP contribution in [0.25, 0.3) is 0 Å². The van der Waals surface area contributed by atoms with Crippen LogP contribution in [-0.2, 0) is 27.4 Å². The highest BCUT2D eigenvalue weighted by atomic mass is 16.7. The maximum atomic E-state index is 10.3. The largest absolute Gasteiger partial charge is 0.371 e. The van der Waals surface area contributed by atoms with Crippen LogP contribution in [0.4, 0.5) is 0 Å². The van der Waals surface area contributed by atoms with E-state index in [0.29, 0.717) is 19.6 Å². The van der Waals surface area contributed by atoms with Gasteiger partial charge in [0.15, 0.2) is 6.29 Å². The molecule has 4 atom stereocenters. The Morgan fingerprint density at radius 3 is 2.04 bits per heavy atom. The van der Waals surface area contributed by atoms with Crippen molar-refractivity contribution in [2.75, 3.05) is 0 Å². The molecule has 0 unspecified atom stereocenters. The highest BCUT2D eigenvalue weighted by molar-refractivity contribution is 5.14. The number of ether oxygens (including phenoxy) is 3. The molecule has 0 aromatic heterocycles. The van der Waals surface area contributed by atoms with Crippen LogP contribution in [-0.4, -0.2) is 29.7 Å². The van der Waals surface area contributed by atoms with Crippen molar-refractivity contribution in [1.82, 2.24) is 0 Å². The molecule has 0 amide bonds. The Bertz CT molecular complexity index is 602. The highest BCUT2D eigenvalue weighted by Crippen LogP contribution is 2.25. The molecule has 0 spiro atoms. The van der Waals surface area contributed by atoms with Gasteiger partial charge >= 0.3 is 0 Å². The first-order chi connectivity index (χ1) is 11.7. The van der Waals surface area contributed by atoms with Gasteiger partial charge in [0.2, 0.25) is 0 Å². The zero-order valence-corrected chi connectivity index (χ0v) is 13.9. The Kier molecular flexibility index (Phi) is 5.99. The van der Waals surface area contributed by atoms with Gasteiger partial charge in [0.05, 0.1) is 25.4 Å². The third kappa shape index (κ3) is 4.65. The average Bonchev–Trinajstić information content (AvgIpc) is 2.61. The van der Waals surface area contributed by atoms with E-state index in [1.807, 2.05) is 67.6 Å². The maximum absolute atomic E-state index is 10.3. The lowest BCUT2D eigenvalue weighted by Gasteiger charge is -2.38. The summed E-state index contributed by atoms with van der Waals surface area (Å²) in [5.74, 6) is 0. The summed E-state index contributed by atoms with van der Waals surface area (Å²) in [6.45, 7) is 2.86. The molecule has 0 radical (unpaired) electrons. The van der Waals surface area contributed by atoms with E-state index in [2.05, 4.69) is 0 Å². The third-order valence-electron chi connectivity index (χ3n) is 4.18. The van der Waals surface area contributed by atoms with E-state index in [4.69, 9.17) is 14.2 Å². The SMILES string of the molecule is C[C@H]1C[C@H](OCc2ccccc2)[C@@H](OCc2ccccc2)[C@@H](O)O1. The molecule has 128 valence electrons. The number of aliphatic hydroxyl groups excluding tert-OH is 1. The smallest absolute Gasteiger partial charge is 0.184 e. The second-order valence-corrected chi connectivity index (χ2v) is 6.17. The van der Waals surface area contributed by atoms with Crippen LogP contribution in [0, 0.1) is 0 Å². The summed E-state index contributed by atoms with van der Waals surface area (Å²) >= 11 is 0. The van der Waals surface area contributed by atoms with Crippen LogP contribution in [0.1, 0.15) is 24.5 Å². The van der Waals surface area contributed by atoms with E-state index < -0.39 is 12.4 Å². The van der Waals surface area contributed by atoms with Gasteiger partial charge < -0.3 is 19.3 Å². The van der Waals surface area contributed by atoms with Gasteiger partial charge in [-0.05, 0) is 18.1 Å². The molecule has 1 heterocycles. The summed E-state index contributed by atoms with van der Waals surface area (Å²) in [5.41, 5.74) is 2.16. The van der Waals surface area contributed by atoms with Gasteiger partial charge in [-0.1, -0.05) is 60.7 Å². The molecule has 2 aromatic carbocycles. The van der Waals surface area contributed by atoms with Crippen LogP contribution >= 0.6 is 0 Å². The molecule has 24 heavy (non-hydrogen) atoms. The van der Waals surface area contributed by atoms with Crippen LogP contribution in [0.3, 0.4) is 0 Å². The molecule has 3 rings (SSSR count). The number of rotatable bonds is 6. The number of hydrogen-bond acceptors (Lipinski definition) is 4. The van der Waals surface area contributed by atoms with Crippen LogP contribution in [0.2, 0.25) is 0 Å². The summed E-state index contributed by atoms with van der Waals surface area (Å²) in [4.78, 5) is 0. The molecular weight excluding hydrogens is 304 g/mol. The van der Waals surface area contributed by atoms with Gasteiger partial charge in [-0.2, -0.15) is 0 Å². The first-order valence-electron chi connectivity index (χ1n) is 8.37. The first kappa shape index (κ1) is 17.1. The maximum Gasteiger partial charge on any atom is 0.184 e. The van der Waals surface area contributed by atoms with Gasteiger partial charge in [-0.25, -0.2) is 0 Å². The molecule has 0 saturated carbocycles. The lowest BCUT2D eigenvalue weighted by atomic mass is 10.0. The normalized spacial score (nSPS) is 27.1. The van der Waals surface area contributed by atoms with Gasteiger partial charge in [-0.15, -0.1) is 0 Å². The Balaban J connectivity index is 1.61. The molecule has 1 fully saturated rings. The fourth-order valence-electron chi connectivity index (χ4n) is 2.91. The van der Waals surface area contributed by atoms with Crippen molar-refractivity contribution in [3.8, 4) is 0 Å². The molecule has 0 bridgehead atoms. The molecule has 1 N–H and O–H groups in total. The first-order valence-corrected chi connectivity index (χ1v) is 8.37. The van der Waals surface area contributed by atoms with Crippen molar-refractivity contribution < 1.29 is 19.3 Å². The van der Waals surface area contributed by atoms with E-state index in [1.165, 1.54) is 0 Å². The molecule has 0 aliphatic carbocycles. The van der Waals surface area contributed by atoms with E-state index in [-0.39, 0.29) is 12.2 Å². The van der Waals surface area contributed by atoms with Crippen molar-refractivity contribution in [3.63, 3.8) is 0 Å². The number of aliphatic hydroxyl groups is 1. The zero-order chi connectivity index (χ0) is 16.8. The van der Waals surface area contributed by atoms with Crippen molar-refractivity contribution in [2.45, 2.75) is 51.2 Å². The second-order valence-electron chi connectivity index (χ2n) is 6.17. The average molecular weight is 328 g/mol. The van der Waals surface area contributed by atoms with Gasteiger partial charge in [0.25, 0.3) is 0 Å². The standard InChI is InChI=1S/C20H24O4/c1-15-12-18(22-13-16-8-4-2-5-9-16)19(20(21)24-15)23-14-17-10-6-3-7-11-17/h2-11,15,18-21H,12-14H2,1H3/t15-,18-,19+,20-/m0/s1. The minimum Gasteiger partial charge on any atom is -0.371 e. The summed E-state index contributed by atoms with van der Waals surface area (Å²) in [6, 6.07) is 19.9. The topological polar surface area (TPSA) is 47.9 Å². The Hall–Kier alpha value is -1.72. The highest BCUT2D eigenvalue weighted by Gasteiger charge is 2.38. The van der Waals surface area contributed by atoms with Gasteiger partial charge in [-0.3, -0.25) is 0 Å². The predicted molar refractivity (Wildman–Crippen MR) is 91.2 cm³/mol. The fraction of sp³-hybridized carbons (Fsp3) is 0.400. The summed E-state index contributed by atoms with van der Waals surface area (Å²) in [7, 11) is 0. The van der Waals surface area contributed by atoms with Gasteiger partial charge in [0, 0.05) is 6.42 Å².